The second kappa shape index (κ2) is 9.48. The van der Waals surface area contributed by atoms with Gasteiger partial charge in [0.15, 0.2) is 5.79 Å². The van der Waals surface area contributed by atoms with Gasteiger partial charge in [-0.2, -0.15) is 0 Å². The summed E-state index contributed by atoms with van der Waals surface area (Å²) in [6, 6.07) is 17.7. The number of esters is 1. The normalized spacial score (nSPS) is 24.2. The first kappa shape index (κ1) is 22.6. The van der Waals surface area contributed by atoms with E-state index in [1.807, 2.05) is 73.3 Å². The molecule has 168 valence electrons. The maximum absolute atomic E-state index is 13.3. The molecule has 0 aromatic heterocycles. The van der Waals surface area contributed by atoms with Gasteiger partial charge in [-0.3, -0.25) is 4.79 Å². The van der Waals surface area contributed by atoms with Crippen molar-refractivity contribution in [3.63, 3.8) is 0 Å². The van der Waals surface area contributed by atoms with Crippen molar-refractivity contribution in [3.8, 4) is 0 Å². The van der Waals surface area contributed by atoms with Crippen molar-refractivity contribution in [1.29, 1.82) is 0 Å². The first-order valence-electron chi connectivity index (χ1n) is 10.7. The zero-order chi connectivity index (χ0) is 22.7. The summed E-state index contributed by atoms with van der Waals surface area (Å²) in [5.41, 5.74) is 1.70. The van der Waals surface area contributed by atoms with Crippen molar-refractivity contribution in [2.45, 2.75) is 49.0 Å². The number of benzene rings is 2. The maximum Gasteiger partial charge on any atom is 0.330 e. The summed E-state index contributed by atoms with van der Waals surface area (Å²) in [5.74, 6) is -1.29. The van der Waals surface area contributed by atoms with Crippen LogP contribution in [0.3, 0.4) is 0 Å². The fourth-order valence-electron chi connectivity index (χ4n) is 3.99. The summed E-state index contributed by atoms with van der Waals surface area (Å²) in [5, 5.41) is -0.178. The van der Waals surface area contributed by atoms with E-state index in [1.54, 1.807) is 24.8 Å². The Morgan fingerprint density at radius 1 is 1.12 bits per heavy atom. The fourth-order valence-corrected chi connectivity index (χ4v) is 5.21. The maximum atomic E-state index is 13.3. The molecule has 0 saturated carbocycles. The van der Waals surface area contributed by atoms with Gasteiger partial charge in [-0.05, 0) is 50.6 Å². The summed E-state index contributed by atoms with van der Waals surface area (Å²) in [6.07, 6.45) is 2.12. The van der Waals surface area contributed by atoms with Crippen LogP contribution >= 0.6 is 11.8 Å². The quantitative estimate of drug-likeness (QED) is 0.452. The van der Waals surface area contributed by atoms with Crippen molar-refractivity contribution in [3.05, 3.63) is 77.9 Å². The largest absolute Gasteiger partial charge is 0.463 e. The molecule has 1 saturated heterocycles. The predicted octanol–water partition coefficient (Wildman–Crippen LogP) is 4.57. The molecule has 2 heterocycles. The third-order valence-electron chi connectivity index (χ3n) is 5.30. The Labute approximate surface area is 192 Å². The van der Waals surface area contributed by atoms with Gasteiger partial charge in [0, 0.05) is 16.5 Å². The topological polar surface area (TPSA) is 65.1 Å². The molecule has 2 unspecified atom stereocenters. The molecule has 0 aliphatic carbocycles. The number of hydrogen-bond donors (Lipinski definition) is 0. The van der Waals surface area contributed by atoms with Crippen molar-refractivity contribution >= 4 is 23.6 Å². The lowest BCUT2D eigenvalue weighted by atomic mass is 10.1. The molecule has 0 bridgehead atoms. The van der Waals surface area contributed by atoms with Gasteiger partial charge in [-0.25, -0.2) is 4.79 Å². The molecule has 2 aromatic rings. The third-order valence-corrected chi connectivity index (χ3v) is 6.57. The number of amides is 1. The average molecular weight is 454 g/mol. The Kier molecular flexibility index (Phi) is 6.69. The monoisotopic (exact) mass is 453 g/mol. The molecule has 2 aromatic carbocycles. The average Bonchev–Trinajstić information content (AvgIpc) is 3.21. The van der Waals surface area contributed by atoms with E-state index in [-0.39, 0.29) is 11.3 Å². The lowest BCUT2D eigenvalue weighted by molar-refractivity contribution is -0.144. The number of carbonyl (C=O) groups excluding carboxylic acids is 2. The summed E-state index contributed by atoms with van der Waals surface area (Å²) in [6.45, 7) is 6.05. The Balaban J connectivity index is 1.58. The van der Waals surface area contributed by atoms with Crippen molar-refractivity contribution in [2.24, 2.45) is 0 Å². The van der Waals surface area contributed by atoms with E-state index in [1.165, 1.54) is 6.08 Å². The van der Waals surface area contributed by atoms with Gasteiger partial charge in [0.1, 0.15) is 17.6 Å². The van der Waals surface area contributed by atoms with Gasteiger partial charge in [0.05, 0.1) is 13.2 Å². The predicted molar refractivity (Wildman–Crippen MR) is 122 cm³/mol. The molecule has 1 amide bonds. The van der Waals surface area contributed by atoms with Crippen LogP contribution in [0, 0.1) is 0 Å². The molecule has 3 atom stereocenters. The van der Waals surface area contributed by atoms with Crippen LogP contribution in [-0.2, 0) is 19.0 Å². The number of rotatable bonds is 7. The zero-order valence-electron chi connectivity index (χ0n) is 18.4. The van der Waals surface area contributed by atoms with Crippen LogP contribution < -0.4 is 0 Å². The SMILES string of the molecule is CCOC(=O)/C=C/[C@H]1OC(C)(C)OC1CN1C(=O)c2ccccc2C1Sc1ccccc1. The minimum absolute atomic E-state index is 0.0320. The van der Waals surface area contributed by atoms with E-state index in [4.69, 9.17) is 14.2 Å². The lowest BCUT2D eigenvalue weighted by Crippen LogP contribution is -2.39. The zero-order valence-corrected chi connectivity index (χ0v) is 19.2. The number of ether oxygens (including phenoxy) is 3. The van der Waals surface area contributed by atoms with Crippen molar-refractivity contribution < 1.29 is 23.8 Å². The minimum Gasteiger partial charge on any atom is -0.463 e. The second-order valence-electron chi connectivity index (χ2n) is 8.08. The highest BCUT2D eigenvalue weighted by atomic mass is 32.2. The molecular formula is C25H27NO5S. The molecule has 2 aliphatic rings. The summed E-state index contributed by atoms with van der Waals surface area (Å²) < 4.78 is 17.1. The highest BCUT2D eigenvalue weighted by Gasteiger charge is 2.45. The molecule has 4 rings (SSSR count). The highest BCUT2D eigenvalue weighted by Crippen LogP contribution is 2.45. The van der Waals surface area contributed by atoms with Crippen LogP contribution in [0.25, 0.3) is 0 Å². The summed E-state index contributed by atoms with van der Waals surface area (Å²) in [7, 11) is 0. The van der Waals surface area contributed by atoms with Crippen LogP contribution in [0.5, 0.6) is 0 Å². The van der Waals surface area contributed by atoms with Crippen molar-refractivity contribution in [2.75, 3.05) is 13.2 Å². The highest BCUT2D eigenvalue weighted by molar-refractivity contribution is 7.99. The lowest BCUT2D eigenvalue weighted by Gasteiger charge is -2.28. The van der Waals surface area contributed by atoms with Gasteiger partial charge in [-0.15, -0.1) is 0 Å². The van der Waals surface area contributed by atoms with Crippen LogP contribution in [0.15, 0.2) is 71.6 Å². The third kappa shape index (κ3) is 4.90. The van der Waals surface area contributed by atoms with Crippen molar-refractivity contribution in [1.82, 2.24) is 4.90 Å². The van der Waals surface area contributed by atoms with Crippen LogP contribution in [-0.4, -0.2) is 47.9 Å². The molecule has 6 nitrogen and oxygen atoms in total. The number of thioether (sulfide) groups is 1. The molecule has 0 radical (unpaired) electrons. The van der Waals surface area contributed by atoms with E-state index in [9.17, 15) is 9.59 Å². The van der Waals surface area contributed by atoms with Gasteiger partial charge >= 0.3 is 5.97 Å². The standard InChI is InChI=1S/C25H27NO5S/c1-4-29-22(27)15-14-20-21(31-25(2,3)30-20)16-26-23(28)18-12-8-9-13-19(18)24(26)32-17-10-6-5-7-11-17/h5-15,20-21,24H,4,16H2,1-3H3/b15-14+/t20-,21?,24?/m1/s1. The van der Waals surface area contributed by atoms with Gasteiger partial charge in [0.2, 0.25) is 0 Å². The molecule has 1 fully saturated rings. The van der Waals surface area contributed by atoms with Gasteiger partial charge in [-0.1, -0.05) is 48.2 Å². The van der Waals surface area contributed by atoms with Crippen LogP contribution in [0.4, 0.5) is 0 Å². The van der Waals surface area contributed by atoms with Crippen LogP contribution in [0.1, 0.15) is 42.1 Å². The van der Waals surface area contributed by atoms with Crippen LogP contribution in [0.2, 0.25) is 0 Å². The molecule has 7 heteroatoms. The Hall–Kier alpha value is -2.61. The number of hydrogen-bond acceptors (Lipinski definition) is 6. The second-order valence-corrected chi connectivity index (χ2v) is 9.23. The van der Waals surface area contributed by atoms with E-state index < -0.39 is 24.0 Å². The Morgan fingerprint density at radius 2 is 1.84 bits per heavy atom. The molecule has 32 heavy (non-hydrogen) atoms. The minimum atomic E-state index is -0.827. The van der Waals surface area contributed by atoms with E-state index in [2.05, 4.69) is 0 Å². The smallest absolute Gasteiger partial charge is 0.330 e. The van der Waals surface area contributed by atoms with E-state index in [0.717, 1.165) is 10.5 Å². The molecule has 2 aliphatic heterocycles. The summed E-state index contributed by atoms with van der Waals surface area (Å²) in [4.78, 5) is 28.0. The van der Waals surface area contributed by atoms with Gasteiger partial charge in [0.25, 0.3) is 5.91 Å². The first-order valence-corrected chi connectivity index (χ1v) is 11.6. The summed E-state index contributed by atoms with van der Waals surface area (Å²) >= 11 is 1.63. The van der Waals surface area contributed by atoms with Gasteiger partial charge < -0.3 is 19.1 Å². The van der Waals surface area contributed by atoms with E-state index >= 15 is 0 Å². The number of fused-ring (bicyclic) bond motifs is 1. The molecule has 0 spiro atoms. The molecule has 0 N–H and O–H groups in total. The Morgan fingerprint density at radius 3 is 2.59 bits per heavy atom. The molecular weight excluding hydrogens is 426 g/mol. The fraction of sp³-hybridized carbons (Fsp3) is 0.360. The Bertz CT molecular complexity index is 1010. The van der Waals surface area contributed by atoms with E-state index in [0.29, 0.717) is 18.7 Å². The number of nitrogens with zero attached hydrogens (tertiary/aromatic N) is 1. The number of carbonyl (C=O) groups is 2. The first-order chi connectivity index (χ1) is 15.4.